The number of anilines is 2. The van der Waals surface area contributed by atoms with Gasteiger partial charge in [0.1, 0.15) is 0 Å². The summed E-state index contributed by atoms with van der Waals surface area (Å²) in [5.74, 6) is -0.912. The monoisotopic (exact) mass is 292 g/mol. The average Bonchev–Trinajstić information content (AvgIpc) is 2.19. The lowest BCUT2D eigenvalue weighted by Crippen LogP contribution is -3.00. The van der Waals surface area contributed by atoms with E-state index < -0.39 is 5.91 Å². The normalized spacial score (nSPS) is 9.28. The second kappa shape index (κ2) is 6.22. The Labute approximate surface area is 115 Å². The average molecular weight is 293 g/mol. The van der Waals surface area contributed by atoms with Crippen molar-refractivity contribution in [2.45, 2.75) is 0 Å². The number of carbonyl (C=O) groups excluding carboxylic acids is 1. The number of nitrogens with zero attached hydrogens (tertiary/aromatic N) is 4. The van der Waals surface area contributed by atoms with Crippen molar-refractivity contribution in [1.82, 2.24) is 9.97 Å². The lowest BCUT2D eigenvalue weighted by molar-refractivity contribution is -0.0000122. The second-order valence-electron chi connectivity index (χ2n) is 3.31. The van der Waals surface area contributed by atoms with Crippen LogP contribution in [0.25, 0.3) is 0 Å². The Bertz CT molecular complexity index is 485. The van der Waals surface area contributed by atoms with Gasteiger partial charge in [0, 0.05) is 14.1 Å². The number of carbonyl (C=O) groups is 1. The highest BCUT2D eigenvalue weighted by atomic mass is 35.5. The van der Waals surface area contributed by atoms with Crippen LogP contribution < -0.4 is 34.5 Å². The molecule has 0 unspecified atom stereocenters. The molecule has 18 heavy (non-hydrogen) atoms. The summed E-state index contributed by atoms with van der Waals surface area (Å²) in [6.45, 7) is 0. The van der Waals surface area contributed by atoms with Crippen molar-refractivity contribution >= 4 is 35.1 Å². The molecule has 0 radical (unpaired) electrons. The van der Waals surface area contributed by atoms with Gasteiger partial charge in [0.05, 0.1) is 0 Å². The number of aliphatic imine (C=N–C) groups is 1. The first-order valence-electron chi connectivity index (χ1n) is 4.47. The minimum absolute atomic E-state index is 0. The van der Waals surface area contributed by atoms with Crippen molar-refractivity contribution < 1.29 is 17.2 Å². The van der Waals surface area contributed by atoms with Crippen LogP contribution in [0.5, 0.6) is 0 Å². The van der Waals surface area contributed by atoms with Gasteiger partial charge in [-0.1, -0.05) is 11.6 Å². The van der Waals surface area contributed by atoms with Gasteiger partial charge in [-0.3, -0.25) is 4.79 Å². The topological polar surface area (TPSA) is 137 Å². The van der Waals surface area contributed by atoms with Crippen LogP contribution in [-0.4, -0.2) is 35.9 Å². The Morgan fingerprint density at radius 3 is 2.33 bits per heavy atom. The number of nitrogen functional groups attached to an aromatic ring is 1. The fraction of sp³-hybridized carbons (Fsp3) is 0.250. The zero-order valence-corrected chi connectivity index (χ0v) is 11.2. The van der Waals surface area contributed by atoms with Crippen LogP contribution in [0, 0.1) is 0 Å². The van der Waals surface area contributed by atoms with E-state index in [9.17, 15) is 4.79 Å². The molecule has 0 fully saturated rings. The Morgan fingerprint density at radius 2 is 1.89 bits per heavy atom. The summed E-state index contributed by atoms with van der Waals surface area (Å²) >= 11 is 5.84. The molecule has 10 heteroatoms. The molecule has 0 aliphatic rings. The maximum absolute atomic E-state index is 11.5. The van der Waals surface area contributed by atoms with E-state index in [1.54, 1.807) is 19.0 Å². The molecule has 0 aliphatic carbocycles. The minimum Gasteiger partial charge on any atom is -1.00 e. The lowest BCUT2D eigenvalue weighted by atomic mass is 10.4. The number of hydrogen-bond acceptors (Lipinski definition) is 5. The summed E-state index contributed by atoms with van der Waals surface area (Å²) in [7, 11) is 3.43. The number of guanidine groups is 1. The Hall–Kier alpha value is -1.80. The third-order valence-electron chi connectivity index (χ3n) is 1.72. The van der Waals surface area contributed by atoms with Gasteiger partial charge in [0.2, 0.25) is 0 Å². The van der Waals surface area contributed by atoms with Crippen LogP contribution in [0.4, 0.5) is 11.6 Å². The van der Waals surface area contributed by atoms with Gasteiger partial charge < -0.3 is 34.5 Å². The van der Waals surface area contributed by atoms with Crippen molar-refractivity contribution in [3.63, 3.8) is 0 Å². The third kappa shape index (κ3) is 3.60. The van der Waals surface area contributed by atoms with Crippen LogP contribution in [0.2, 0.25) is 5.15 Å². The van der Waals surface area contributed by atoms with Gasteiger partial charge in [0.15, 0.2) is 28.4 Å². The molecule has 0 saturated carbocycles. The molecule has 0 saturated heterocycles. The summed E-state index contributed by atoms with van der Waals surface area (Å²) in [6, 6.07) is 0. The third-order valence-corrected chi connectivity index (χ3v) is 1.97. The van der Waals surface area contributed by atoms with Crippen LogP contribution in [-0.2, 0) is 0 Å². The molecule has 0 bridgehead atoms. The van der Waals surface area contributed by atoms with Gasteiger partial charge in [-0.15, -0.1) is 0 Å². The van der Waals surface area contributed by atoms with E-state index in [-0.39, 0.29) is 35.0 Å². The van der Waals surface area contributed by atoms with Crippen molar-refractivity contribution in [2.24, 2.45) is 16.5 Å². The van der Waals surface area contributed by atoms with E-state index in [0.29, 0.717) is 5.82 Å². The summed E-state index contributed by atoms with van der Waals surface area (Å²) < 4.78 is 0. The molecular formula is C8H12Cl2N7O-. The molecule has 100 valence electrons. The second-order valence-corrected chi connectivity index (χ2v) is 3.67. The molecule has 0 atom stereocenters. The van der Waals surface area contributed by atoms with Gasteiger partial charge >= 0.3 is 5.91 Å². The van der Waals surface area contributed by atoms with E-state index in [2.05, 4.69) is 15.0 Å². The van der Waals surface area contributed by atoms with Crippen LogP contribution >= 0.6 is 11.6 Å². The predicted molar refractivity (Wildman–Crippen MR) is 65.9 cm³/mol. The minimum atomic E-state index is -0.790. The first-order valence-corrected chi connectivity index (χ1v) is 4.85. The summed E-state index contributed by atoms with van der Waals surface area (Å²) in [5.41, 5.74) is 15.5. The standard InChI is InChI=1S/C8H12ClN7O.ClH/c1-16(2)6-4(9)13-3(5(10)14-6)7(17)15-8(11)12;/h1-2H3,(H2,10,14)(H4,11,12,15,17);1H/p-1. The fourth-order valence-corrected chi connectivity index (χ4v) is 1.33. The number of nitrogens with two attached hydrogens (primary N) is 3. The Balaban J connectivity index is 0.00000289. The van der Waals surface area contributed by atoms with Crippen molar-refractivity contribution in [3.05, 3.63) is 10.8 Å². The molecule has 0 aliphatic heterocycles. The summed E-state index contributed by atoms with van der Waals surface area (Å²) in [5, 5.41) is 0.0401. The van der Waals surface area contributed by atoms with Crippen molar-refractivity contribution in [2.75, 3.05) is 24.7 Å². The predicted octanol–water partition coefficient (Wildman–Crippen LogP) is -3.80. The molecular weight excluding hydrogens is 281 g/mol. The largest absolute Gasteiger partial charge is 1.00 e. The zero-order chi connectivity index (χ0) is 13.2. The number of aromatic nitrogens is 2. The van der Waals surface area contributed by atoms with E-state index >= 15 is 0 Å². The number of rotatable bonds is 2. The smallest absolute Gasteiger partial charge is 0.302 e. The molecule has 1 rings (SSSR count). The Kier molecular flexibility index (Phi) is 5.60. The molecule has 1 heterocycles. The quantitative estimate of drug-likeness (QED) is 0.375. The lowest BCUT2D eigenvalue weighted by Gasteiger charge is -2.13. The zero-order valence-electron chi connectivity index (χ0n) is 9.69. The van der Waals surface area contributed by atoms with Crippen LogP contribution in [0.15, 0.2) is 4.99 Å². The highest BCUT2D eigenvalue weighted by Crippen LogP contribution is 2.22. The van der Waals surface area contributed by atoms with Crippen LogP contribution in [0.1, 0.15) is 10.5 Å². The molecule has 1 aromatic heterocycles. The Morgan fingerprint density at radius 1 is 1.33 bits per heavy atom. The van der Waals surface area contributed by atoms with E-state index in [1.165, 1.54) is 0 Å². The fourth-order valence-electron chi connectivity index (χ4n) is 1.03. The first-order chi connectivity index (χ1) is 7.82. The summed E-state index contributed by atoms with van der Waals surface area (Å²) in [4.78, 5) is 24.2. The maximum Gasteiger partial charge on any atom is 0.302 e. The van der Waals surface area contributed by atoms with Gasteiger partial charge in [-0.05, 0) is 0 Å². The van der Waals surface area contributed by atoms with E-state index in [4.69, 9.17) is 28.8 Å². The molecule has 8 nitrogen and oxygen atoms in total. The van der Waals surface area contributed by atoms with E-state index in [0.717, 1.165) is 0 Å². The van der Waals surface area contributed by atoms with Gasteiger partial charge in [0.25, 0.3) is 0 Å². The highest BCUT2D eigenvalue weighted by molar-refractivity contribution is 6.32. The van der Waals surface area contributed by atoms with Gasteiger partial charge in [-0.25, -0.2) is 9.97 Å². The van der Waals surface area contributed by atoms with Crippen LogP contribution in [0.3, 0.4) is 0 Å². The summed E-state index contributed by atoms with van der Waals surface area (Å²) in [6.07, 6.45) is 0. The van der Waals surface area contributed by atoms with Crippen molar-refractivity contribution in [1.29, 1.82) is 0 Å². The number of amides is 1. The molecule has 1 aromatic rings. The molecule has 6 N–H and O–H groups in total. The first kappa shape index (κ1) is 16.2. The molecule has 1 amide bonds. The number of halogens is 2. The highest BCUT2D eigenvalue weighted by Gasteiger charge is 2.17. The molecule has 0 spiro atoms. The van der Waals surface area contributed by atoms with Crippen molar-refractivity contribution in [3.8, 4) is 0 Å². The number of hydrogen-bond donors (Lipinski definition) is 3. The molecule has 0 aromatic carbocycles. The van der Waals surface area contributed by atoms with Gasteiger partial charge in [-0.2, -0.15) is 4.99 Å². The maximum atomic E-state index is 11.5. The van der Waals surface area contributed by atoms with E-state index in [1.807, 2.05) is 0 Å². The SMILES string of the molecule is CN(C)c1nc(N)c(C(=O)N=C(N)N)nc1Cl.[Cl-].